The Morgan fingerprint density at radius 3 is 2.32 bits per heavy atom. The summed E-state index contributed by atoms with van der Waals surface area (Å²) in [6, 6.07) is 19.2. The van der Waals surface area contributed by atoms with Gasteiger partial charge in [-0.2, -0.15) is 5.26 Å². The van der Waals surface area contributed by atoms with Crippen molar-refractivity contribution in [3.05, 3.63) is 89.0 Å². The molecule has 0 atom stereocenters. The number of nitrogens with zero attached hydrogens (tertiary/aromatic N) is 1. The number of carbonyl (C=O) groups is 2. The van der Waals surface area contributed by atoms with Gasteiger partial charge in [0.2, 0.25) is 0 Å². The second-order valence-corrected chi connectivity index (χ2v) is 7.10. The van der Waals surface area contributed by atoms with Crippen LogP contribution in [0.3, 0.4) is 0 Å². The van der Waals surface area contributed by atoms with Crippen molar-refractivity contribution < 1.29 is 29.3 Å². The number of carbonyl (C=O) groups excluding carboxylic acids is 1. The number of nitriles is 1. The number of carboxylic acids is 1. The fourth-order valence-corrected chi connectivity index (χ4v) is 2.97. The van der Waals surface area contributed by atoms with E-state index in [2.05, 4.69) is 5.32 Å². The quantitative estimate of drug-likeness (QED) is 0.242. The van der Waals surface area contributed by atoms with Crippen LogP contribution in [0.5, 0.6) is 17.2 Å². The van der Waals surface area contributed by atoms with Crippen molar-refractivity contribution in [1.82, 2.24) is 0 Å². The zero-order valence-electron chi connectivity index (χ0n) is 18.3. The molecule has 1 amide bonds. The number of amides is 1. The number of rotatable bonds is 9. The van der Waals surface area contributed by atoms with E-state index in [9.17, 15) is 20.0 Å². The third-order valence-electron chi connectivity index (χ3n) is 4.66. The van der Waals surface area contributed by atoms with E-state index in [1.807, 2.05) is 13.0 Å². The van der Waals surface area contributed by atoms with Crippen LogP contribution in [-0.4, -0.2) is 28.7 Å². The lowest BCUT2D eigenvalue weighted by atomic mass is 10.1. The fourth-order valence-electron chi connectivity index (χ4n) is 2.97. The molecule has 0 aliphatic rings. The number of hydrogen-bond acceptors (Lipinski definition) is 6. The van der Waals surface area contributed by atoms with Crippen LogP contribution in [0.1, 0.15) is 28.4 Å². The molecule has 0 aliphatic carbocycles. The van der Waals surface area contributed by atoms with Crippen molar-refractivity contribution in [2.75, 3.05) is 11.9 Å². The van der Waals surface area contributed by atoms with E-state index >= 15 is 0 Å². The van der Waals surface area contributed by atoms with Gasteiger partial charge >= 0.3 is 5.97 Å². The summed E-state index contributed by atoms with van der Waals surface area (Å²) in [6.07, 6.45) is 1.44. The number of nitrogens with one attached hydrogen (secondary N) is 1. The highest BCUT2D eigenvalue weighted by Gasteiger charge is 2.12. The summed E-state index contributed by atoms with van der Waals surface area (Å²) in [5, 5.41) is 30.4. The monoisotopic (exact) mass is 458 g/mol. The number of carboxylic acid groups (broad SMARTS) is 1. The number of phenolic OH excluding ortho intramolecular Hbond substituents is 1. The third-order valence-corrected chi connectivity index (χ3v) is 4.66. The molecule has 172 valence electrons. The second kappa shape index (κ2) is 11.2. The predicted octanol–water partition coefficient (Wildman–Crippen LogP) is 4.61. The Morgan fingerprint density at radius 2 is 1.71 bits per heavy atom. The van der Waals surface area contributed by atoms with Crippen LogP contribution in [0, 0.1) is 11.3 Å². The fraction of sp³-hybridized carbons (Fsp3) is 0.115. The topological polar surface area (TPSA) is 129 Å². The van der Waals surface area contributed by atoms with E-state index in [1.165, 1.54) is 42.5 Å². The first-order chi connectivity index (χ1) is 16.4. The molecule has 0 aromatic heterocycles. The molecule has 0 heterocycles. The molecule has 8 heteroatoms. The first kappa shape index (κ1) is 23.9. The average molecular weight is 458 g/mol. The molecule has 0 saturated carbocycles. The lowest BCUT2D eigenvalue weighted by Crippen LogP contribution is -2.13. The lowest BCUT2D eigenvalue weighted by molar-refractivity contribution is -0.112. The zero-order chi connectivity index (χ0) is 24.5. The van der Waals surface area contributed by atoms with Crippen molar-refractivity contribution >= 4 is 23.6 Å². The van der Waals surface area contributed by atoms with Crippen LogP contribution < -0.4 is 14.8 Å². The Hall–Kier alpha value is -4.77. The molecule has 0 bridgehead atoms. The predicted molar refractivity (Wildman–Crippen MR) is 126 cm³/mol. The molecule has 0 saturated heterocycles. The molecule has 34 heavy (non-hydrogen) atoms. The van der Waals surface area contributed by atoms with Gasteiger partial charge in [0, 0.05) is 5.69 Å². The van der Waals surface area contributed by atoms with Gasteiger partial charge in [-0.15, -0.1) is 0 Å². The molecular formula is C26H22N2O6. The SMILES string of the molecule is CCOc1cc(/C=C(\C#N)C(=O)Nc2ccc(O)cc2)ccc1OCc1ccc(C(=O)O)cc1. The number of phenols is 1. The van der Waals surface area contributed by atoms with Crippen LogP contribution in [0.25, 0.3) is 6.08 Å². The van der Waals surface area contributed by atoms with Crippen molar-refractivity contribution in [1.29, 1.82) is 5.26 Å². The zero-order valence-corrected chi connectivity index (χ0v) is 18.3. The highest BCUT2D eigenvalue weighted by molar-refractivity contribution is 6.09. The Kier molecular flexibility index (Phi) is 7.87. The molecule has 0 unspecified atom stereocenters. The summed E-state index contributed by atoms with van der Waals surface area (Å²) >= 11 is 0. The molecular weight excluding hydrogens is 436 g/mol. The van der Waals surface area contributed by atoms with E-state index in [0.29, 0.717) is 29.4 Å². The summed E-state index contributed by atoms with van der Waals surface area (Å²) in [6.45, 7) is 2.40. The largest absolute Gasteiger partial charge is 0.508 e. The van der Waals surface area contributed by atoms with Crippen LogP contribution in [-0.2, 0) is 11.4 Å². The minimum atomic E-state index is -0.997. The van der Waals surface area contributed by atoms with Crippen molar-refractivity contribution in [3.8, 4) is 23.3 Å². The maximum absolute atomic E-state index is 12.5. The molecule has 3 aromatic rings. The molecule has 3 aromatic carbocycles. The Morgan fingerprint density at radius 1 is 1.00 bits per heavy atom. The van der Waals surface area contributed by atoms with Gasteiger partial charge in [0.05, 0.1) is 12.2 Å². The van der Waals surface area contributed by atoms with Gasteiger partial charge in [-0.3, -0.25) is 4.79 Å². The van der Waals surface area contributed by atoms with Crippen molar-refractivity contribution in [2.24, 2.45) is 0 Å². The molecule has 0 radical (unpaired) electrons. The normalized spacial score (nSPS) is 10.8. The highest BCUT2D eigenvalue weighted by Crippen LogP contribution is 2.30. The molecule has 0 spiro atoms. The first-order valence-electron chi connectivity index (χ1n) is 10.3. The smallest absolute Gasteiger partial charge is 0.335 e. The Bertz CT molecular complexity index is 1240. The Labute approximate surface area is 196 Å². The number of ether oxygens (including phenoxy) is 2. The van der Waals surface area contributed by atoms with Gasteiger partial charge in [-0.25, -0.2) is 4.79 Å². The van der Waals surface area contributed by atoms with E-state index in [1.54, 1.807) is 30.3 Å². The maximum Gasteiger partial charge on any atom is 0.335 e. The maximum atomic E-state index is 12.5. The number of benzene rings is 3. The highest BCUT2D eigenvalue weighted by atomic mass is 16.5. The van der Waals surface area contributed by atoms with E-state index in [0.717, 1.165) is 5.56 Å². The summed E-state index contributed by atoms with van der Waals surface area (Å²) in [5.74, 6) is -0.611. The first-order valence-corrected chi connectivity index (χ1v) is 10.3. The van der Waals surface area contributed by atoms with Gasteiger partial charge in [0.15, 0.2) is 11.5 Å². The van der Waals surface area contributed by atoms with Crippen LogP contribution in [0.4, 0.5) is 5.69 Å². The Balaban J connectivity index is 1.75. The number of aromatic carboxylic acids is 1. The third kappa shape index (κ3) is 6.37. The van der Waals surface area contributed by atoms with E-state index in [4.69, 9.17) is 14.6 Å². The summed E-state index contributed by atoms with van der Waals surface area (Å²) in [5.41, 5.74) is 1.88. The number of hydrogen-bond donors (Lipinski definition) is 3. The summed E-state index contributed by atoms with van der Waals surface area (Å²) in [4.78, 5) is 23.5. The van der Waals surface area contributed by atoms with Crippen LogP contribution >= 0.6 is 0 Å². The van der Waals surface area contributed by atoms with Crippen LogP contribution in [0.15, 0.2) is 72.3 Å². The van der Waals surface area contributed by atoms with Crippen molar-refractivity contribution in [3.63, 3.8) is 0 Å². The minimum absolute atomic E-state index is 0.0667. The van der Waals surface area contributed by atoms with Gasteiger partial charge in [-0.1, -0.05) is 18.2 Å². The summed E-state index contributed by atoms with van der Waals surface area (Å²) in [7, 11) is 0. The van der Waals surface area contributed by atoms with E-state index < -0.39 is 11.9 Å². The lowest BCUT2D eigenvalue weighted by Gasteiger charge is -2.13. The van der Waals surface area contributed by atoms with Crippen LogP contribution in [0.2, 0.25) is 0 Å². The van der Waals surface area contributed by atoms with Gasteiger partial charge in [-0.05, 0) is 72.7 Å². The molecule has 8 nitrogen and oxygen atoms in total. The number of aromatic hydroxyl groups is 1. The van der Waals surface area contributed by atoms with Gasteiger partial charge < -0.3 is 25.0 Å². The molecule has 0 aliphatic heterocycles. The molecule has 3 N–H and O–H groups in total. The summed E-state index contributed by atoms with van der Waals surface area (Å²) < 4.78 is 11.5. The van der Waals surface area contributed by atoms with Crippen molar-refractivity contribution in [2.45, 2.75) is 13.5 Å². The molecule has 0 fully saturated rings. The second-order valence-electron chi connectivity index (χ2n) is 7.10. The van der Waals surface area contributed by atoms with E-state index in [-0.39, 0.29) is 23.5 Å². The standard InChI is InChI=1S/C26H22N2O6/c1-2-33-24-14-18(13-20(15-27)25(30)28-21-8-10-22(29)11-9-21)5-12-23(24)34-16-17-3-6-19(7-4-17)26(31)32/h3-14,29H,2,16H2,1H3,(H,28,30)(H,31,32)/b20-13+. The molecule has 3 rings (SSSR count). The van der Waals surface area contributed by atoms with Gasteiger partial charge in [0.1, 0.15) is 24.0 Å². The van der Waals surface area contributed by atoms with Gasteiger partial charge in [0.25, 0.3) is 5.91 Å². The number of anilines is 1. The minimum Gasteiger partial charge on any atom is -0.508 e. The average Bonchev–Trinajstić information content (AvgIpc) is 2.83.